The van der Waals surface area contributed by atoms with E-state index in [9.17, 15) is 9.59 Å². The molecule has 4 nitrogen and oxygen atoms in total. The van der Waals surface area contributed by atoms with E-state index in [1.54, 1.807) is 23.9 Å². The van der Waals surface area contributed by atoms with Gasteiger partial charge in [0.1, 0.15) is 5.75 Å². The normalized spacial score (nSPS) is 10.4. The molecule has 0 saturated heterocycles. The fourth-order valence-electron chi connectivity index (χ4n) is 2.24. The van der Waals surface area contributed by atoms with Gasteiger partial charge in [-0.1, -0.05) is 6.07 Å². The molecule has 0 aliphatic carbocycles. The number of carbonyl (C=O) groups excluding carboxylic acids is 1. The average molecular weight is 271 g/mol. The standard InChI is InChI=1S/C16H17NO3/c1-10-11(2)16(19)17(3)8-14(10)12-5-6-13(9-18)15(7-12)20-4/h5-9H,1-4H3. The highest BCUT2D eigenvalue weighted by atomic mass is 16.5. The van der Waals surface area contributed by atoms with Crippen LogP contribution in [0.25, 0.3) is 11.1 Å². The van der Waals surface area contributed by atoms with Crippen molar-refractivity contribution in [3.05, 3.63) is 51.4 Å². The fourth-order valence-corrected chi connectivity index (χ4v) is 2.24. The second kappa shape index (κ2) is 5.33. The molecule has 1 heterocycles. The fraction of sp³-hybridized carbons (Fsp3) is 0.250. The molecule has 2 aromatic rings. The number of aldehydes is 1. The number of ether oxygens (including phenoxy) is 1. The van der Waals surface area contributed by atoms with Crippen LogP contribution in [0.4, 0.5) is 0 Å². The molecule has 2 rings (SSSR count). The SMILES string of the molecule is COc1cc(-c2cn(C)c(=O)c(C)c2C)ccc1C=O. The van der Waals surface area contributed by atoms with Crippen molar-refractivity contribution >= 4 is 6.29 Å². The summed E-state index contributed by atoms with van der Waals surface area (Å²) in [5.74, 6) is 0.531. The van der Waals surface area contributed by atoms with Crippen LogP contribution in [0.3, 0.4) is 0 Å². The van der Waals surface area contributed by atoms with Gasteiger partial charge in [0.05, 0.1) is 12.7 Å². The topological polar surface area (TPSA) is 48.3 Å². The van der Waals surface area contributed by atoms with Crippen molar-refractivity contribution in [2.45, 2.75) is 13.8 Å². The highest BCUT2D eigenvalue weighted by Crippen LogP contribution is 2.28. The van der Waals surface area contributed by atoms with E-state index < -0.39 is 0 Å². The second-order valence-electron chi connectivity index (χ2n) is 4.78. The van der Waals surface area contributed by atoms with Crippen LogP contribution in [0, 0.1) is 13.8 Å². The van der Waals surface area contributed by atoms with E-state index in [1.165, 1.54) is 7.11 Å². The maximum absolute atomic E-state index is 11.9. The van der Waals surface area contributed by atoms with Crippen LogP contribution < -0.4 is 10.3 Å². The lowest BCUT2D eigenvalue weighted by molar-refractivity contribution is 0.112. The molecule has 20 heavy (non-hydrogen) atoms. The van der Waals surface area contributed by atoms with Gasteiger partial charge in [0.15, 0.2) is 6.29 Å². The van der Waals surface area contributed by atoms with Gasteiger partial charge in [-0.05, 0) is 37.1 Å². The third-order valence-electron chi connectivity index (χ3n) is 3.60. The first-order valence-electron chi connectivity index (χ1n) is 6.30. The summed E-state index contributed by atoms with van der Waals surface area (Å²) in [5.41, 5.74) is 4.06. The van der Waals surface area contributed by atoms with E-state index in [-0.39, 0.29) is 5.56 Å². The van der Waals surface area contributed by atoms with E-state index >= 15 is 0 Å². The van der Waals surface area contributed by atoms with Crippen LogP contribution in [0.2, 0.25) is 0 Å². The van der Waals surface area contributed by atoms with Crippen molar-refractivity contribution in [2.24, 2.45) is 7.05 Å². The molecule has 0 fully saturated rings. The highest BCUT2D eigenvalue weighted by Gasteiger charge is 2.11. The van der Waals surface area contributed by atoms with Crippen molar-refractivity contribution in [3.8, 4) is 16.9 Å². The number of hydrogen-bond acceptors (Lipinski definition) is 3. The number of pyridine rings is 1. The molecular formula is C16H17NO3. The summed E-state index contributed by atoms with van der Waals surface area (Å²) >= 11 is 0. The molecule has 4 heteroatoms. The van der Waals surface area contributed by atoms with E-state index in [0.29, 0.717) is 11.3 Å². The Kier molecular flexibility index (Phi) is 3.74. The molecule has 104 valence electrons. The Labute approximate surface area is 117 Å². The zero-order valence-corrected chi connectivity index (χ0v) is 12.1. The quantitative estimate of drug-likeness (QED) is 0.806. The van der Waals surface area contributed by atoms with Gasteiger partial charge < -0.3 is 9.30 Å². The Balaban J connectivity index is 2.69. The van der Waals surface area contributed by atoms with Crippen LogP contribution in [-0.4, -0.2) is 18.0 Å². The zero-order valence-electron chi connectivity index (χ0n) is 12.1. The molecule has 0 amide bonds. The summed E-state index contributed by atoms with van der Waals surface area (Å²) < 4.78 is 6.79. The first-order valence-corrected chi connectivity index (χ1v) is 6.30. The smallest absolute Gasteiger partial charge is 0.253 e. The number of rotatable bonds is 3. The molecule has 1 aromatic heterocycles. The van der Waals surface area contributed by atoms with Crippen molar-refractivity contribution in [1.29, 1.82) is 0 Å². The number of carbonyl (C=O) groups is 1. The van der Waals surface area contributed by atoms with Gasteiger partial charge in [-0.25, -0.2) is 0 Å². The maximum Gasteiger partial charge on any atom is 0.253 e. The van der Waals surface area contributed by atoms with E-state index in [2.05, 4.69) is 0 Å². The summed E-state index contributed by atoms with van der Waals surface area (Å²) in [5, 5.41) is 0. The predicted molar refractivity (Wildman–Crippen MR) is 78.5 cm³/mol. The third kappa shape index (κ3) is 2.25. The third-order valence-corrected chi connectivity index (χ3v) is 3.60. The Morgan fingerprint density at radius 2 is 1.90 bits per heavy atom. The molecule has 0 aliphatic rings. The summed E-state index contributed by atoms with van der Waals surface area (Å²) in [7, 11) is 3.26. The first kappa shape index (κ1) is 14.1. The maximum atomic E-state index is 11.9. The number of hydrogen-bond donors (Lipinski definition) is 0. The number of benzene rings is 1. The van der Waals surface area contributed by atoms with Gasteiger partial charge in [0.25, 0.3) is 5.56 Å². The summed E-state index contributed by atoms with van der Waals surface area (Å²) in [4.78, 5) is 22.8. The average Bonchev–Trinajstić information content (AvgIpc) is 2.48. The minimum absolute atomic E-state index is 0.00252. The number of aromatic nitrogens is 1. The van der Waals surface area contributed by atoms with Crippen LogP contribution in [0.15, 0.2) is 29.2 Å². The van der Waals surface area contributed by atoms with Crippen molar-refractivity contribution in [2.75, 3.05) is 7.11 Å². The molecule has 0 atom stereocenters. The van der Waals surface area contributed by atoms with Crippen LogP contribution in [0.5, 0.6) is 5.75 Å². The number of nitrogens with zero attached hydrogens (tertiary/aromatic N) is 1. The molecule has 0 bridgehead atoms. The van der Waals surface area contributed by atoms with Crippen molar-refractivity contribution in [3.63, 3.8) is 0 Å². The monoisotopic (exact) mass is 271 g/mol. The molecule has 0 radical (unpaired) electrons. The minimum atomic E-state index is 0.00252. The molecular weight excluding hydrogens is 254 g/mol. The lowest BCUT2D eigenvalue weighted by Gasteiger charge is -2.13. The Hall–Kier alpha value is -2.36. The number of aryl methyl sites for hydroxylation is 1. The van der Waals surface area contributed by atoms with E-state index in [0.717, 1.165) is 28.5 Å². The molecule has 0 spiro atoms. The lowest BCUT2D eigenvalue weighted by Crippen LogP contribution is -2.20. The molecule has 1 aromatic carbocycles. The molecule has 0 N–H and O–H groups in total. The van der Waals surface area contributed by atoms with Gasteiger partial charge in [0, 0.05) is 24.4 Å². The first-order chi connectivity index (χ1) is 9.49. The Morgan fingerprint density at radius 3 is 2.50 bits per heavy atom. The Bertz CT molecular complexity index is 729. The van der Waals surface area contributed by atoms with Crippen LogP contribution in [-0.2, 0) is 7.05 Å². The van der Waals surface area contributed by atoms with Gasteiger partial charge >= 0.3 is 0 Å². The largest absolute Gasteiger partial charge is 0.496 e. The molecule has 0 saturated carbocycles. The second-order valence-corrected chi connectivity index (χ2v) is 4.78. The van der Waals surface area contributed by atoms with Gasteiger partial charge in [0.2, 0.25) is 0 Å². The number of methoxy groups -OCH3 is 1. The minimum Gasteiger partial charge on any atom is -0.496 e. The van der Waals surface area contributed by atoms with Crippen LogP contribution in [0.1, 0.15) is 21.5 Å². The molecule has 0 aliphatic heterocycles. The zero-order chi connectivity index (χ0) is 14.9. The summed E-state index contributed by atoms with van der Waals surface area (Å²) in [6.45, 7) is 3.74. The predicted octanol–water partition coefficient (Wildman–Crippen LogP) is 2.49. The van der Waals surface area contributed by atoms with E-state index in [4.69, 9.17) is 4.74 Å². The summed E-state index contributed by atoms with van der Waals surface area (Å²) in [6.07, 6.45) is 2.57. The molecule has 0 unspecified atom stereocenters. The van der Waals surface area contributed by atoms with Gasteiger partial charge in [-0.2, -0.15) is 0 Å². The highest BCUT2D eigenvalue weighted by molar-refractivity contribution is 5.82. The van der Waals surface area contributed by atoms with Crippen LogP contribution >= 0.6 is 0 Å². The van der Waals surface area contributed by atoms with Crippen molar-refractivity contribution < 1.29 is 9.53 Å². The lowest BCUT2D eigenvalue weighted by atomic mass is 9.98. The Morgan fingerprint density at radius 1 is 1.20 bits per heavy atom. The van der Waals surface area contributed by atoms with Gasteiger partial charge in [-0.3, -0.25) is 9.59 Å². The van der Waals surface area contributed by atoms with Crippen molar-refractivity contribution in [1.82, 2.24) is 4.57 Å². The van der Waals surface area contributed by atoms with Gasteiger partial charge in [-0.15, -0.1) is 0 Å². The summed E-state index contributed by atoms with van der Waals surface area (Å²) in [6, 6.07) is 5.40. The van der Waals surface area contributed by atoms with E-state index in [1.807, 2.05) is 26.0 Å².